The fraction of sp³-hybridized carbons (Fsp3) is 0.714. The first-order valence-corrected chi connectivity index (χ1v) is 4.81. The van der Waals surface area contributed by atoms with Gasteiger partial charge in [-0.2, -0.15) is 0 Å². The second kappa shape index (κ2) is 4.64. The maximum atomic E-state index is 11.1. The predicted molar refractivity (Wildman–Crippen MR) is 50.8 cm³/mol. The van der Waals surface area contributed by atoms with Crippen LogP contribution < -0.4 is 0 Å². The van der Waals surface area contributed by atoms with E-state index in [1.165, 1.54) is 21.0 Å². The van der Waals surface area contributed by atoms with Crippen LogP contribution in [0.5, 0.6) is 0 Å². The molecule has 0 spiro atoms. The van der Waals surface area contributed by atoms with E-state index >= 15 is 0 Å². The van der Waals surface area contributed by atoms with Crippen LogP contribution in [0.3, 0.4) is 0 Å². The zero-order chi connectivity index (χ0) is 9.78. The summed E-state index contributed by atoms with van der Waals surface area (Å²) in [5, 5.41) is 0. The first-order valence-electron chi connectivity index (χ1n) is 3.28. The SMILES string of the molecule is COC(=O)C(C)(C)C(=O)OCI. The predicted octanol–water partition coefficient (Wildman–Crippen LogP) is 1.12. The summed E-state index contributed by atoms with van der Waals surface area (Å²) in [6.45, 7) is 2.93. The number of esters is 2. The lowest BCUT2D eigenvalue weighted by Gasteiger charge is -2.18. The zero-order valence-corrected chi connectivity index (χ0v) is 9.38. The minimum absolute atomic E-state index is 0.233. The zero-order valence-electron chi connectivity index (χ0n) is 7.22. The Labute approximate surface area is 84.7 Å². The quantitative estimate of drug-likeness (QED) is 0.338. The van der Waals surface area contributed by atoms with Crippen molar-refractivity contribution in [3.8, 4) is 0 Å². The molecule has 0 aliphatic rings. The van der Waals surface area contributed by atoms with Crippen molar-refractivity contribution < 1.29 is 19.1 Å². The van der Waals surface area contributed by atoms with Crippen LogP contribution in [0.25, 0.3) is 0 Å². The second-order valence-electron chi connectivity index (χ2n) is 2.66. The Balaban J connectivity index is 4.38. The molecule has 0 aromatic carbocycles. The Kier molecular flexibility index (Phi) is 4.51. The van der Waals surface area contributed by atoms with Crippen molar-refractivity contribution >= 4 is 34.5 Å². The molecule has 4 nitrogen and oxygen atoms in total. The smallest absolute Gasteiger partial charge is 0.323 e. The lowest BCUT2D eigenvalue weighted by molar-refractivity contribution is -0.166. The molecule has 0 bridgehead atoms. The third-order valence-electron chi connectivity index (χ3n) is 1.39. The van der Waals surface area contributed by atoms with Crippen LogP contribution in [0.4, 0.5) is 0 Å². The number of carbonyl (C=O) groups is 2. The fourth-order valence-corrected chi connectivity index (χ4v) is 0.851. The van der Waals surface area contributed by atoms with Crippen LogP contribution in [0.1, 0.15) is 13.8 Å². The van der Waals surface area contributed by atoms with Crippen molar-refractivity contribution in [2.24, 2.45) is 5.41 Å². The standard InChI is InChI=1S/C7H11IO4/c1-7(2,5(9)11-3)6(10)12-4-8/h4H2,1-3H3. The number of halogens is 1. The summed E-state index contributed by atoms with van der Waals surface area (Å²) >= 11 is 1.88. The molecule has 5 heteroatoms. The van der Waals surface area contributed by atoms with E-state index in [0.29, 0.717) is 0 Å². The van der Waals surface area contributed by atoms with Gasteiger partial charge in [-0.3, -0.25) is 9.59 Å². The summed E-state index contributed by atoms with van der Waals surface area (Å²) in [6.07, 6.45) is 0. The number of carbonyl (C=O) groups excluding carboxylic acids is 2. The summed E-state index contributed by atoms with van der Waals surface area (Å²) < 4.78 is 9.35. The molecule has 12 heavy (non-hydrogen) atoms. The van der Waals surface area contributed by atoms with Crippen molar-refractivity contribution in [2.45, 2.75) is 13.8 Å². The van der Waals surface area contributed by atoms with Crippen LogP contribution >= 0.6 is 22.6 Å². The van der Waals surface area contributed by atoms with Gasteiger partial charge in [0.25, 0.3) is 0 Å². The van der Waals surface area contributed by atoms with E-state index in [4.69, 9.17) is 0 Å². The number of hydrogen-bond acceptors (Lipinski definition) is 4. The van der Waals surface area contributed by atoms with Gasteiger partial charge in [0.1, 0.15) is 4.61 Å². The highest BCUT2D eigenvalue weighted by atomic mass is 127. The van der Waals surface area contributed by atoms with Crippen molar-refractivity contribution in [1.82, 2.24) is 0 Å². The van der Waals surface area contributed by atoms with Crippen LogP contribution in [-0.2, 0) is 19.1 Å². The monoisotopic (exact) mass is 286 g/mol. The molecule has 0 aliphatic carbocycles. The normalized spacial score (nSPS) is 10.7. The third kappa shape index (κ3) is 2.62. The molecule has 0 heterocycles. The van der Waals surface area contributed by atoms with E-state index in [2.05, 4.69) is 9.47 Å². The molecule has 0 atom stereocenters. The molecule has 70 valence electrons. The fourth-order valence-electron chi connectivity index (χ4n) is 0.568. The van der Waals surface area contributed by atoms with Crippen LogP contribution in [-0.4, -0.2) is 23.7 Å². The van der Waals surface area contributed by atoms with E-state index in [0.717, 1.165) is 0 Å². The summed E-state index contributed by atoms with van der Waals surface area (Å²) in [5.74, 6) is -1.15. The molecular formula is C7H11IO4. The van der Waals surface area contributed by atoms with Gasteiger partial charge in [-0.1, -0.05) is 0 Å². The van der Waals surface area contributed by atoms with Gasteiger partial charge in [-0.05, 0) is 36.4 Å². The van der Waals surface area contributed by atoms with Gasteiger partial charge >= 0.3 is 11.9 Å². The highest BCUT2D eigenvalue weighted by molar-refractivity contribution is 14.1. The molecule has 0 saturated heterocycles. The lowest BCUT2D eigenvalue weighted by atomic mass is 9.94. The van der Waals surface area contributed by atoms with Gasteiger partial charge in [0.05, 0.1) is 7.11 Å². The molecule has 0 aliphatic heterocycles. The van der Waals surface area contributed by atoms with Gasteiger partial charge < -0.3 is 9.47 Å². The topological polar surface area (TPSA) is 52.6 Å². The number of methoxy groups -OCH3 is 1. The van der Waals surface area contributed by atoms with E-state index in [1.807, 2.05) is 22.6 Å². The number of hydrogen-bond donors (Lipinski definition) is 0. The Morgan fingerprint density at radius 2 is 1.83 bits per heavy atom. The molecule has 0 fully saturated rings. The minimum atomic E-state index is -1.21. The first-order chi connectivity index (χ1) is 5.46. The van der Waals surface area contributed by atoms with Crippen molar-refractivity contribution in [3.63, 3.8) is 0 Å². The minimum Gasteiger partial charge on any atom is -0.468 e. The van der Waals surface area contributed by atoms with Gasteiger partial charge in [0.15, 0.2) is 5.41 Å². The lowest BCUT2D eigenvalue weighted by Crippen LogP contribution is -2.35. The molecule has 0 aromatic heterocycles. The molecule has 0 N–H and O–H groups in total. The third-order valence-corrected chi connectivity index (χ3v) is 1.70. The van der Waals surface area contributed by atoms with Crippen LogP contribution in [0, 0.1) is 5.41 Å². The highest BCUT2D eigenvalue weighted by Crippen LogP contribution is 2.19. The van der Waals surface area contributed by atoms with Crippen LogP contribution in [0.15, 0.2) is 0 Å². The number of rotatable bonds is 3. The largest absolute Gasteiger partial charge is 0.468 e. The maximum Gasteiger partial charge on any atom is 0.323 e. The Hall–Kier alpha value is -0.330. The van der Waals surface area contributed by atoms with Crippen molar-refractivity contribution in [2.75, 3.05) is 11.7 Å². The van der Waals surface area contributed by atoms with Crippen LogP contribution in [0.2, 0.25) is 0 Å². The number of alkyl halides is 1. The average Bonchev–Trinajstić information content (AvgIpc) is 2.03. The molecule has 0 aromatic rings. The molecule has 0 rings (SSSR count). The van der Waals surface area contributed by atoms with E-state index in [9.17, 15) is 9.59 Å². The van der Waals surface area contributed by atoms with Crippen molar-refractivity contribution in [1.29, 1.82) is 0 Å². The van der Waals surface area contributed by atoms with Gasteiger partial charge in [0.2, 0.25) is 0 Å². The summed E-state index contributed by atoms with van der Waals surface area (Å²) in [5.41, 5.74) is -1.21. The van der Waals surface area contributed by atoms with Crippen molar-refractivity contribution in [3.05, 3.63) is 0 Å². The summed E-state index contributed by atoms with van der Waals surface area (Å²) in [7, 11) is 1.24. The molecule has 0 unspecified atom stereocenters. The Morgan fingerprint density at radius 3 is 2.17 bits per heavy atom. The summed E-state index contributed by atoms with van der Waals surface area (Å²) in [6, 6.07) is 0. The van der Waals surface area contributed by atoms with E-state index < -0.39 is 17.4 Å². The average molecular weight is 286 g/mol. The van der Waals surface area contributed by atoms with Gasteiger partial charge in [-0.15, -0.1) is 0 Å². The number of ether oxygens (including phenoxy) is 2. The Bertz CT molecular complexity index is 188. The maximum absolute atomic E-state index is 11.1. The Morgan fingerprint density at radius 1 is 1.33 bits per heavy atom. The molecule has 0 amide bonds. The molecule has 0 radical (unpaired) electrons. The second-order valence-corrected chi connectivity index (χ2v) is 3.28. The van der Waals surface area contributed by atoms with E-state index in [1.54, 1.807) is 0 Å². The molecular weight excluding hydrogens is 275 g/mol. The van der Waals surface area contributed by atoms with Gasteiger partial charge in [0, 0.05) is 0 Å². The molecule has 0 saturated carbocycles. The highest BCUT2D eigenvalue weighted by Gasteiger charge is 2.38. The first kappa shape index (κ1) is 11.7. The van der Waals surface area contributed by atoms with Gasteiger partial charge in [-0.25, -0.2) is 0 Å². The summed E-state index contributed by atoms with van der Waals surface area (Å²) in [4.78, 5) is 22.2. The van der Waals surface area contributed by atoms with E-state index in [-0.39, 0.29) is 4.61 Å².